The highest BCUT2D eigenvalue weighted by Gasteiger charge is 2.11. The highest BCUT2D eigenvalue weighted by molar-refractivity contribution is 6.11. The van der Waals surface area contributed by atoms with Crippen LogP contribution in [0.5, 0.6) is 17.2 Å². The first-order valence-corrected chi connectivity index (χ1v) is 7.19. The second kappa shape index (κ2) is 7.92. The second-order valence-corrected chi connectivity index (χ2v) is 4.89. The molecule has 0 amide bonds. The van der Waals surface area contributed by atoms with Crippen LogP contribution in [0, 0.1) is 0 Å². The SMILES string of the molecule is COc1cc(OC)c(/C=C/C(=N\O)c2cccc(N)c2)c(OC)c1. The van der Waals surface area contributed by atoms with Gasteiger partial charge in [-0.3, -0.25) is 0 Å². The minimum atomic E-state index is 0.363. The first kappa shape index (κ1) is 17.2. The van der Waals surface area contributed by atoms with Gasteiger partial charge in [-0.1, -0.05) is 17.3 Å². The molecule has 3 N–H and O–H groups in total. The predicted molar refractivity (Wildman–Crippen MR) is 94.3 cm³/mol. The number of hydrogen-bond acceptors (Lipinski definition) is 6. The minimum absolute atomic E-state index is 0.363. The Morgan fingerprint density at radius 3 is 2.21 bits per heavy atom. The maximum Gasteiger partial charge on any atom is 0.133 e. The molecule has 0 unspecified atom stereocenters. The molecule has 0 heterocycles. The topological polar surface area (TPSA) is 86.3 Å². The summed E-state index contributed by atoms with van der Waals surface area (Å²) in [6, 6.07) is 10.6. The zero-order chi connectivity index (χ0) is 17.5. The molecule has 126 valence electrons. The Labute approximate surface area is 140 Å². The van der Waals surface area contributed by atoms with Crippen LogP contribution in [0.2, 0.25) is 0 Å². The van der Waals surface area contributed by atoms with Gasteiger partial charge < -0.3 is 25.2 Å². The summed E-state index contributed by atoms with van der Waals surface area (Å²) in [7, 11) is 4.69. The van der Waals surface area contributed by atoms with E-state index in [0.717, 1.165) is 0 Å². The van der Waals surface area contributed by atoms with Gasteiger partial charge in [-0.2, -0.15) is 0 Å². The smallest absolute Gasteiger partial charge is 0.133 e. The van der Waals surface area contributed by atoms with Gasteiger partial charge in [0.2, 0.25) is 0 Å². The third-order valence-electron chi connectivity index (χ3n) is 3.45. The number of oxime groups is 1. The third-order valence-corrected chi connectivity index (χ3v) is 3.45. The van der Waals surface area contributed by atoms with Gasteiger partial charge in [-0.15, -0.1) is 0 Å². The molecule has 6 nitrogen and oxygen atoms in total. The van der Waals surface area contributed by atoms with E-state index in [2.05, 4.69) is 5.16 Å². The Balaban J connectivity index is 2.43. The molecular formula is C18H20N2O4. The van der Waals surface area contributed by atoms with E-state index in [4.69, 9.17) is 19.9 Å². The molecule has 0 radical (unpaired) electrons. The highest BCUT2D eigenvalue weighted by atomic mass is 16.5. The molecule has 2 rings (SSSR count). The van der Waals surface area contributed by atoms with E-state index in [1.54, 1.807) is 69.9 Å². The van der Waals surface area contributed by atoms with Crippen molar-refractivity contribution in [1.29, 1.82) is 0 Å². The van der Waals surface area contributed by atoms with Crippen LogP contribution in [0.25, 0.3) is 6.08 Å². The van der Waals surface area contributed by atoms with Gasteiger partial charge in [0.15, 0.2) is 0 Å². The van der Waals surface area contributed by atoms with Gasteiger partial charge in [0.05, 0.1) is 26.9 Å². The lowest BCUT2D eigenvalue weighted by Crippen LogP contribution is -1.99. The Morgan fingerprint density at radius 2 is 1.71 bits per heavy atom. The number of nitrogens with two attached hydrogens (primary N) is 1. The monoisotopic (exact) mass is 328 g/mol. The van der Waals surface area contributed by atoms with E-state index >= 15 is 0 Å². The number of allylic oxidation sites excluding steroid dienone is 1. The first-order chi connectivity index (χ1) is 11.6. The van der Waals surface area contributed by atoms with Gasteiger partial charge in [0.25, 0.3) is 0 Å². The summed E-state index contributed by atoms with van der Waals surface area (Å²) in [4.78, 5) is 0. The maximum absolute atomic E-state index is 9.30. The summed E-state index contributed by atoms with van der Waals surface area (Å²) in [5, 5.41) is 12.6. The molecule has 0 bridgehead atoms. The van der Waals surface area contributed by atoms with Gasteiger partial charge in [-0.25, -0.2) is 0 Å². The number of benzene rings is 2. The van der Waals surface area contributed by atoms with Gasteiger partial charge in [0.1, 0.15) is 23.0 Å². The summed E-state index contributed by atoms with van der Waals surface area (Å²) in [6.07, 6.45) is 3.40. The lowest BCUT2D eigenvalue weighted by Gasteiger charge is -2.12. The van der Waals surface area contributed by atoms with E-state index in [1.165, 1.54) is 0 Å². The predicted octanol–water partition coefficient (Wildman–Crippen LogP) is 3.19. The number of hydrogen-bond donors (Lipinski definition) is 2. The Bertz CT molecular complexity index is 744. The van der Waals surface area contributed by atoms with Crippen LogP contribution in [0.15, 0.2) is 47.6 Å². The third kappa shape index (κ3) is 3.78. The lowest BCUT2D eigenvalue weighted by atomic mass is 10.1. The number of nitrogens with zero attached hydrogens (tertiary/aromatic N) is 1. The molecule has 0 atom stereocenters. The van der Waals surface area contributed by atoms with Crippen molar-refractivity contribution < 1.29 is 19.4 Å². The molecule has 0 fully saturated rings. The van der Waals surface area contributed by atoms with E-state index in [0.29, 0.717) is 39.8 Å². The molecule has 0 saturated carbocycles. The number of rotatable bonds is 6. The molecule has 24 heavy (non-hydrogen) atoms. The van der Waals surface area contributed by atoms with Crippen LogP contribution in [-0.2, 0) is 0 Å². The van der Waals surface area contributed by atoms with Crippen molar-refractivity contribution in [2.45, 2.75) is 0 Å². The molecule has 2 aromatic carbocycles. The normalized spacial score (nSPS) is 11.5. The standard InChI is InChI=1S/C18H20N2O4/c1-22-14-10-17(23-2)15(18(11-14)24-3)7-8-16(20-21)12-5-4-6-13(19)9-12/h4-11,21H,19H2,1-3H3/b8-7+,20-16+. The lowest BCUT2D eigenvalue weighted by molar-refractivity contribution is 0.320. The van der Waals surface area contributed by atoms with Crippen molar-refractivity contribution >= 4 is 17.5 Å². The fraction of sp³-hybridized carbons (Fsp3) is 0.167. The summed E-state index contributed by atoms with van der Waals surface area (Å²) in [5.74, 6) is 1.77. The molecule has 0 aliphatic carbocycles. The Hall–Kier alpha value is -3.15. The van der Waals surface area contributed by atoms with Crippen molar-refractivity contribution in [2.24, 2.45) is 5.16 Å². The summed E-state index contributed by atoms with van der Waals surface area (Å²) in [6.45, 7) is 0. The first-order valence-electron chi connectivity index (χ1n) is 7.19. The average Bonchev–Trinajstić information content (AvgIpc) is 2.61. The summed E-state index contributed by atoms with van der Waals surface area (Å²) in [5.41, 5.74) is 8.11. The fourth-order valence-corrected chi connectivity index (χ4v) is 2.24. The second-order valence-electron chi connectivity index (χ2n) is 4.89. The Morgan fingerprint density at radius 1 is 1.04 bits per heavy atom. The van der Waals surface area contributed by atoms with E-state index in [9.17, 15) is 5.21 Å². The Kier molecular flexibility index (Phi) is 5.68. The molecular weight excluding hydrogens is 308 g/mol. The van der Waals surface area contributed by atoms with Gasteiger partial charge in [0, 0.05) is 23.4 Å². The number of nitrogen functional groups attached to an aromatic ring is 1. The summed E-state index contributed by atoms with van der Waals surface area (Å²) >= 11 is 0. The van der Waals surface area contributed by atoms with Crippen molar-refractivity contribution in [3.05, 3.63) is 53.6 Å². The van der Waals surface area contributed by atoms with Crippen LogP contribution < -0.4 is 19.9 Å². The molecule has 6 heteroatoms. The zero-order valence-electron chi connectivity index (χ0n) is 13.8. The van der Waals surface area contributed by atoms with Crippen LogP contribution >= 0.6 is 0 Å². The van der Waals surface area contributed by atoms with Crippen LogP contribution in [0.4, 0.5) is 5.69 Å². The highest BCUT2D eigenvalue weighted by Crippen LogP contribution is 2.35. The molecule has 0 spiro atoms. The van der Waals surface area contributed by atoms with E-state index < -0.39 is 0 Å². The van der Waals surface area contributed by atoms with Crippen LogP contribution in [0.1, 0.15) is 11.1 Å². The molecule has 0 saturated heterocycles. The minimum Gasteiger partial charge on any atom is -0.496 e. The summed E-state index contributed by atoms with van der Waals surface area (Å²) < 4.78 is 16.0. The molecule has 0 aliphatic heterocycles. The van der Waals surface area contributed by atoms with Crippen LogP contribution in [0.3, 0.4) is 0 Å². The van der Waals surface area contributed by atoms with Crippen molar-refractivity contribution in [3.63, 3.8) is 0 Å². The van der Waals surface area contributed by atoms with Crippen molar-refractivity contribution in [1.82, 2.24) is 0 Å². The number of anilines is 1. The molecule has 2 aromatic rings. The van der Waals surface area contributed by atoms with E-state index in [1.807, 2.05) is 0 Å². The number of methoxy groups -OCH3 is 3. The molecule has 0 aromatic heterocycles. The number of ether oxygens (including phenoxy) is 3. The van der Waals surface area contributed by atoms with Crippen LogP contribution in [-0.4, -0.2) is 32.2 Å². The van der Waals surface area contributed by atoms with Gasteiger partial charge >= 0.3 is 0 Å². The zero-order valence-corrected chi connectivity index (χ0v) is 13.8. The van der Waals surface area contributed by atoms with E-state index in [-0.39, 0.29) is 0 Å². The van der Waals surface area contributed by atoms with Crippen molar-refractivity contribution in [2.75, 3.05) is 27.1 Å². The largest absolute Gasteiger partial charge is 0.496 e. The van der Waals surface area contributed by atoms with Crippen molar-refractivity contribution in [3.8, 4) is 17.2 Å². The maximum atomic E-state index is 9.30. The fourth-order valence-electron chi connectivity index (χ4n) is 2.24. The average molecular weight is 328 g/mol. The molecule has 0 aliphatic rings. The quantitative estimate of drug-likeness (QED) is 0.368. The van der Waals surface area contributed by atoms with Gasteiger partial charge in [-0.05, 0) is 24.3 Å².